The van der Waals surface area contributed by atoms with Crippen molar-refractivity contribution in [2.24, 2.45) is 5.41 Å². The lowest BCUT2D eigenvalue weighted by molar-refractivity contribution is 0.238. The Balaban J connectivity index is 2.26. The van der Waals surface area contributed by atoms with Gasteiger partial charge in [0.15, 0.2) is 0 Å². The second kappa shape index (κ2) is 5.08. The van der Waals surface area contributed by atoms with E-state index in [9.17, 15) is 8.78 Å². The number of nitrogens with zero attached hydrogens (tertiary/aromatic N) is 1. The number of benzene rings is 1. The highest BCUT2D eigenvalue weighted by Gasteiger charge is 2.33. The highest BCUT2D eigenvalue weighted by Crippen LogP contribution is 2.28. The summed E-state index contributed by atoms with van der Waals surface area (Å²) >= 11 is 0. The van der Waals surface area contributed by atoms with Crippen LogP contribution in [0.15, 0.2) is 18.2 Å². The van der Waals surface area contributed by atoms with Gasteiger partial charge in [-0.15, -0.1) is 0 Å². The summed E-state index contributed by atoms with van der Waals surface area (Å²) in [4.78, 5) is 2.03. The van der Waals surface area contributed by atoms with Gasteiger partial charge in [-0.1, -0.05) is 20.8 Å². The summed E-state index contributed by atoms with van der Waals surface area (Å²) < 4.78 is 26.9. The molecular weight excluding hydrogens is 246 g/mol. The van der Waals surface area contributed by atoms with Crippen LogP contribution in [0.1, 0.15) is 27.7 Å². The topological polar surface area (TPSA) is 15.3 Å². The van der Waals surface area contributed by atoms with E-state index in [2.05, 4.69) is 33.0 Å². The minimum atomic E-state index is -0.531. The Morgan fingerprint density at radius 3 is 2.53 bits per heavy atom. The van der Waals surface area contributed by atoms with Crippen molar-refractivity contribution in [3.63, 3.8) is 0 Å². The van der Waals surface area contributed by atoms with Crippen molar-refractivity contribution in [2.75, 3.05) is 18.0 Å². The normalized spacial score (nSPS) is 24.6. The average molecular weight is 268 g/mol. The zero-order valence-electron chi connectivity index (χ0n) is 12.0. The Bertz CT molecular complexity index is 454. The molecule has 1 heterocycles. The summed E-state index contributed by atoms with van der Waals surface area (Å²) in [5.41, 5.74) is 0.596. The molecule has 1 N–H and O–H groups in total. The molecule has 1 aromatic carbocycles. The second-order valence-electron chi connectivity index (χ2n) is 6.42. The van der Waals surface area contributed by atoms with Crippen LogP contribution in [-0.2, 0) is 0 Å². The Labute approximate surface area is 113 Å². The largest absolute Gasteiger partial charge is 0.364 e. The predicted molar refractivity (Wildman–Crippen MR) is 74.4 cm³/mol. The minimum Gasteiger partial charge on any atom is -0.364 e. The lowest BCUT2D eigenvalue weighted by Gasteiger charge is -2.45. The highest BCUT2D eigenvalue weighted by atomic mass is 19.1. The SMILES string of the molecule is CC1CNC(C(C)(C)C)CN1c1ccc(F)cc1F. The Hall–Kier alpha value is -1.16. The molecule has 1 fully saturated rings. The second-order valence-corrected chi connectivity index (χ2v) is 6.42. The van der Waals surface area contributed by atoms with Gasteiger partial charge in [0.25, 0.3) is 0 Å². The summed E-state index contributed by atoms with van der Waals surface area (Å²) in [6.07, 6.45) is 0. The molecule has 1 aliphatic heterocycles. The van der Waals surface area contributed by atoms with E-state index in [0.717, 1.165) is 19.2 Å². The maximum Gasteiger partial charge on any atom is 0.149 e. The number of nitrogens with one attached hydrogen (secondary N) is 1. The Kier molecular flexibility index (Phi) is 3.81. The molecule has 2 atom stereocenters. The van der Waals surface area contributed by atoms with Crippen molar-refractivity contribution in [1.29, 1.82) is 0 Å². The smallest absolute Gasteiger partial charge is 0.149 e. The van der Waals surface area contributed by atoms with Crippen LogP contribution < -0.4 is 10.2 Å². The van der Waals surface area contributed by atoms with Crippen LogP contribution in [0.25, 0.3) is 0 Å². The molecule has 0 radical (unpaired) electrons. The van der Waals surface area contributed by atoms with E-state index in [1.807, 2.05) is 4.90 Å². The zero-order chi connectivity index (χ0) is 14.2. The van der Waals surface area contributed by atoms with Crippen LogP contribution >= 0.6 is 0 Å². The third-order valence-corrected chi connectivity index (χ3v) is 3.84. The number of halogens is 2. The standard InChI is InChI=1S/C15H22F2N2/c1-10-8-18-14(15(2,3)4)9-19(10)13-6-5-11(16)7-12(13)17/h5-7,10,14,18H,8-9H2,1-4H3. The first-order valence-electron chi connectivity index (χ1n) is 6.74. The number of hydrogen-bond acceptors (Lipinski definition) is 2. The predicted octanol–water partition coefficient (Wildman–Crippen LogP) is 3.18. The van der Waals surface area contributed by atoms with Gasteiger partial charge >= 0.3 is 0 Å². The van der Waals surface area contributed by atoms with Crippen LogP contribution in [-0.4, -0.2) is 25.2 Å². The molecular formula is C15H22F2N2. The fourth-order valence-electron chi connectivity index (χ4n) is 2.49. The third-order valence-electron chi connectivity index (χ3n) is 3.84. The van der Waals surface area contributed by atoms with E-state index in [0.29, 0.717) is 5.69 Å². The molecule has 106 valence electrons. The first-order valence-corrected chi connectivity index (χ1v) is 6.74. The van der Waals surface area contributed by atoms with Crippen LogP contribution in [0.5, 0.6) is 0 Å². The van der Waals surface area contributed by atoms with Gasteiger partial charge in [-0.2, -0.15) is 0 Å². The van der Waals surface area contributed by atoms with Crippen molar-refractivity contribution in [3.05, 3.63) is 29.8 Å². The van der Waals surface area contributed by atoms with Gasteiger partial charge in [-0.3, -0.25) is 0 Å². The van der Waals surface area contributed by atoms with Crippen molar-refractivity contribution < 1.29 is 8.78 Å². The average Bonchev–Trinajstić information content (AvgIpc) is 2.29. The molecule has 4 heteroatoms. The molecule has 0 saturated carbocycles. The van der Waals surface area contributed by atoms with E-state index >= 15 is 0 Å². The number of rotatable bonds is 1. The summed E-state index contributed by atoms with van der Waals surface area (Å²) in [7, 11) is 0. The molecule has 2 unspecified atom stereocenters. The molecule has 0 spiro atoms. The van der Waals surface area contributed by atoms with Crippen molar-refractivity contribution >= 4 is 5.69 Å². The number of piperazine rings is 1. The van der Waals surface area contributed by atoms with Gasteiger partial charge in [0, 0.05) is 31.2 Å². The molecule has 0 bridgehead atoms. The quantitative estimate of drug-likeness (QED) is 0.841. The molecule has 2 rings (SSSR count). The minimum absolute atomic E-state index is 0.106. The number of anilines is 1. The Morgan fingerprint density at radius 2 is 1.95 bits per heavy atom. The summed E-state index contributed by atoms with van der Waals surface area (Å²) in [6, 6.07) is 4.29. The summed E-state index contributed by atoms with van der Waals surface area (Å²) in [6.45, 7) is 10.1. The molecule has 0 amide bonds. The molecule has 1 saturated heterocycles. The Morgan fingerprint density at radius 1 is 1.26 bits per heavy atom. The van der Waals surface area contributed by atoms with Gasteiger partial charge in [0.1, 0.15) is 11.6 Å². The third kappa shape index (κ3) is 3.06. The van der Waals surface area contributed by atoms with E-state index in [4.69, 9.17) is 0 Å². The van der Waals surface area contributed by atoms with Gasteiger partial charge in [0.2, 0.25) is 0 Å². The first-order chi connectivity index (χ1) is 8.79. The van der Waals surface area contributed by atoms with Gasteiger partial charge in [0.05, 0.1) is 5.69 Å². The number of hydrogen-bond donors (Lipinski definition) is 1. The highest BCUT2D eigenvalue weighted by molar-refractivity contribution is 5.49. The van der Waals surface area contributed by atoms with Gasteiger partial charge < -0.3 is 10.2 Å². The van der Waals surface area contributed by atoms with Crippen LogP contribution in [0, 0.1) is 17.0 Å². The van der Waals surface area contributed by atoms with Gasteiger partial charge in [-0.25, -0.2) is 8.78 Å². The molecule has 1 aliphatic rings. The maximum absolute atomic E-state index is 13.9. The molecule has 0 aliphatic carbocycles. The molecule has 19 heavy (non-hydrogen) atoms. The van der Waals surface area contributed by atoms with E-state index in [1.165, 1.54) is 12.1 Å². The maximum atomic E-state index is 13.9. The summed E-state index contributed by atoms with van der Waals surface area (Å²) in [5, 5.41) is 3.50. The van der Waals surface area contributed by atoms with Crippen molar-refractivity contribution in [2.45, 2.75) is 39.8 Å². The van der Waals surface area contributed by atoms with Crippen LogP contribution in [0.4, 0.5) is 14.5 Å². The van der Waals surface area contributed by atoms with Gasteiger partial charge in [-0.05, 0) is 24.5 Å². The van der Waals surface area contributed by atoms with E-state index in [1.54, 1.807) is 0 Å². The fourth-order valence-corrected chi connectivity index (χ4v) is 2.49. The monoisotopic (exact) mass is 268 g/mol. The molecule has 2 nitrogen and oxygen atoms in total. The van der Waals surface area contributed by atoms with E-state index in [-0.39, 0.29) is 17.5 Å². The summed E-state index contributed by atoms with van der Waals surface area (Å²) in [5.74, 6) is -1.02. The molecule has 1 aromatic rings. The zero-order valence-corrected chi connectivity index (χ0v) is 12.0. The van der Waals surface area contributed by atoms with Crippen molar-refractivity contribution in [1.82, 2.24) is 5.32 Å². The lowest BCUT2D eigenvalue weighted by atomic mass is 9.84. The van der Waals surface area contributed by atoms with Crippen molar-refractivity contribution in [3.8, 4) is 0 Å². The fraction of sp³-hybridized carbons (Fsp3) is 0.600. The van der Waals surface area contributed by atoms with Crippen LogP contribution in [0.2, 0.25) is 0 Å². The lowest BCUT2D eigenvalue weighted by Crippen LogP contribution is -2.59. The van der Waals surface area contributed by atoms with Crippen LogP contribution in [0.3, 0.4) is 0 Å². The molecule has 0 aromatic heterocycles. The van der Waals surface area contributed by atoms with E-state index < -0.39 is 11.6 Å². The first kappa shape index (κ1) is 14.3.